The Kier molecular flexibility index (Phi) is 7.60. The minimum atomic E-state index is -4.59. The van der Waals surface area contributed by atoms with Crippen LogP contribution in [0.2, 0.25) is 0 Å². The first kappa shape index (κ1) is 25.1. The lowest BCUT2D eigenvalue weighted by molar-refractivity contribution is -0.140. The average Bonchev–Trinajstić information content (AvgIpc) is 3.29. The first-order chi connectivity index (χ1) is 16.5. The number of rotatable bonds is 6. The molecule has 0 saturated heterocycles. The van der Waals surface area contributed by atoms with Crippen LogP contribution in [0.3, 0.4) is 0 Å². The molecule has 12 heteroatoms. The van der Waals surface area contributed by atoms with E-state index in [0.717, 1.165) is 0 Å². The van der Waals surface area contributed by atoms with Gasteiger partial charge < -0.3 is 24.9 Å². The molecule has 9 nitrogen and oxygen atoms in total. The molecule has 2 aromatic heterocycles. The van der Waals surface area contributed by atoms with E-state index < -0.39 is 17.8 Å². The third-order valence-corrected chi connectivity index (χ3v) is 4.54. The summed E-state index contributed by atoms with van der Waals surface area (Å²) < 4.78 is 45.7. The van der Waals surface area contributed by atoms with Crippen LogP contribution in [0.25, 0.3) is 11.4 Å². The number of imidazole rings is 1. The Morgan fingerprint density at radius 3 is 2.66 bits per heavy atom. The fourth-order valence-electron chi connectivity index (χ4n) is 2.81. The molecule has 0 fully saturated rings. The number of carbonyl (C=O) groups excluding carboxylic acids is 2. The van der Waals surface area contributed by atoms with Crippen molar-refractivity contribution in [1.82, 2.24) is 19.9 Å². The van der Waals surface area contributed by atoms with E-state index in [9.17, 15) is 27.6 Å². The second-order valence-electron chi connectivity index (χ2n) is 7.25. The summed E-state index contributed by atoms with van der Waals surface area (Å²) in [5.41, 5.74) is -0.604. The van der Waals surface area contributed by atoms with Gasteiger partial charge in [0.15, 0.2) is 0 Å². The number of nitrogens with zero attached hydrogens (tertiary/aromatic N) is 2. The predicted molar refractivity (Wildman–Crippen MR) is 120 cm³/mol. The minimum Gasteiger partial charge on any atom is -0.490 e. The van der Waals surface area contributed by atoms with Crippen molar-refractivity contribution in [2.24, 2.45) is 7.05 Å². The SMILES string of the molecule is CC(=O)NCCOc1ccc(-c2ncc(C(F)(F)F)[nH]2)cc1NC(=O)C#Cc1ccn(C)c(=O)c1. The Morgan fingerprint density at radius 1 is 1.23 bits per heavy atom. The fourth-order valence-corrected chi connectivity index (χ4v) is 2.81. The first-order valence-electron chi connectivity index (χ1n) is 10.2. The summed E-state index contributed by atoms with van der Waals surface area (Å²) >= 11 is 0. The van der Waals surface area contributed by atoms with E-state index in [1.807, 2.05) is 0 Å². The number of carbonyl (C=O) groups is 2. The topological polar surface area (TPSA) is 118 Å². The lowest BCUT2D eigenvalue weighted by Crippen LogP contribution is -2.25. The standard InChI is InChI=1S/C23H20F3N5O4/c1-14(32)27-8-10-35-18-5-4-16(22-28-13-19(30-22)23(24,25)26)12-17(18)29-20(33)6-3-15-7-9-31(2)21(34)11-15/h4-5,7,9,11-13H,8,10H2,1-2H3,(H,27,32)(H,28,30)(H,29,33). The zero-order chi connectivity index (χ0) is 25.6. The van der Waals surface area contributed by atoms with Crippen molar-refractivity contribution in [3.05, 3.63) is 64.3 Å². The summed E-state index contributed by atoms with van der Waals surface area (Å²) in [5, 5.41) is 5.09. The van der Waals surface area contributed by atoms with E-state index in [4.69, 9.17) is 4.74 Å². The normalized spacial score (nSPS) is 10.8. The zero-order valence-electron chi connectivity index (χ0n) is 18.6. The van der Waals surface area contributed by atoms with E-state index >= 15 is 0 Å². The molecule has 2 amide bonds. The number of hydrogen-bond acceptors (Lipinski definition) is 5. The molecule has 2 heterocycles. The molecule has 35 heavy (non-hydrogen) atoms. The van der Waals surface area contributed by atoms with Crippen molar-refractivity contribution in [3.8, 4) is 29.0 Å². The number of aromatic amines is 1. The molecule has 0 aliphatic rings. The van der Waals surface area contributed by atoms with E-state index in [1.165, 1.54) is 42.0 Å². The lowest BCUT2D eigenvalue weighted by Gasteiger charge is -2.13. The van der Waals surface area contributed by atoms with Crippen LogP contribution >= 0.6 is 0 Å². The molecule has 0 saturated carbocycles. The molecule has 0 aliphatic heterocycles. The molecule has 0 spiro atoms. The maximum atomic E-state index is 12.9. The molecule has 0 radical (unpaired) electrons. The smallest absolute Gasteiger partial charge is 0.432 e. The summed E-state index contributed by atoms with van der Waals surface area (Å²) in [6.45, 7) is 1.61. The Balaban J connectivity index is 1.85. The van der Waals surface area contributed by atoms with Gasteiger partial charge in [-0.25, -0.2) is 4.98 Å². The quantitative estimate of drug-likeness (QED) is 0.364. The van der Waals surface area contributed by atoms with Gasteiger partial charge in [-0.1, -0.05) is 5.92 Å². The van der Waals surface area contributed by atoms with Crippen LogP contribution < -0.4 is 20.9 Å². The molecule has 3 aromatic rings. The molecule has 0 atom stereocenters. The van der Waals surface area contributed by atoms with Gasteiger partial charge >= 0.3 is 12.1 Å². The van der Waals surface area contributed by atoms with Gasteiger partial charge in [0.2, 0.25) is 5.91 Å². The number of benzene rings is 1. The molecule has 0 bridgehead atoms. The Bertz CT molecular complexity index is 1370. The maximum absolute atomic E-state index is 12.9. The maximum Gasteiger partial charge on any atom is 0.432 e. The second kappa shape index (κ2) is 10.6. The molecular formula is C23H20F3N5O4. The van der Waals surface area contributed by atoms with Crippen LogP contribution in [0.5, 0.6) is 5.75 Å². The number of aromatic nitrogens is 3. The second-order valence-corrected chi connectivity index (χ2v) is 7.25. The molecule has 3 rings (SSSR count). The van der Waals surface area contributed by atoms with Crippen molar-refractivity contribution in [3.63, 3.8) is 0 Å². The third-order valence-electron chi connectivity index (χ3n) is 4.54. The summed E-state index contributed by atoms with van der Waals surface area (Å²) in [6.07, 6.45) is -2.42. The van der Waals surface area contributed by atoms with Crippen molar-refractivity contribution in [2.45, 2.75) is 13.1 Å². The highest BCUT2D eigenvalue weighted by Crippen LogP contribution is 2.32. The van der Waals surface area contributed by atoms with Gasteiger partial charge in [0.1, 0.15) is 23.9 Å². The van der Waals surface area contributed by atoms with E-state index in [2.05, 4.69) is 32.4 Å². The van der Waals surface area contributed by atoms with Crippen molar-refractivity contribution >= 4 is 17.5 Å². The van der Waals surface area contributed by atoms with Crippen molar-refractivity contribution in [1.29, 1.82) is 0 Å². The van der Waals surface area contributed by atoms with E-state index in [0.29, 0.717) is 11.8 Å². The number of H-pyrrole nitrogens is 1. The monoisotopic (exact) mass is 487 g/mol. The van der Waals surface area contributed by atoms with Crippen LogP contribution in [-0.2, 0) is 22.8 Å². The highest BCUT2D eigenvalue weighted by Gasteiger charge is 2.33. The fraction of sp³-hybridized carbons (Fsp3) is 0.217. The number of nitrogens with one attached hydrogen (secondary N) is 3. The van der Waals surface area contributed by atoms with Gasteiger partial charge in [-0.05, 0) is 24.3 Å². The molecular weight excluding hydrogens is 467 g/mol. The molecule has 0 aliphatic carbocycles. The van der Waals surface area contributed by atoms with Gasteiger partial charge in [0.25, 0.3) is 5.56 Å². The largest absolute Gasteiger partial charge is 0.490 e. The highest BCUT2D eigenvalue weighted by molar-refractivity contribution is 6.05. The van der Waals surface area contributed by atoms with E-state index in [-0.39, 0.29) is 47.4 Å². The molecule has 3 N–H and O–H groups in total. The van der Waals surface area contributed by atoms with Crippen LogP contribution in [0.4, 0.5) is 18.9 Å². The van der Waals surface area contributed by atoms with E-state index in [1.54, 1.807) is 13.1 Å². The van der Waals surface area contributed by atoms with Crippen molar-refractivity contribution in [2.75, 3.05) is 18.5 Å². The Labute approximate surface area is 197 Å². The highest BCUT2D eigenvalue weighted by atomic mass is 19.4. The van der Waals surface area contributed by atoms with Crippen LogP contribution in [0.1, 0.15) is 18.2 Å². The Morgan fingerprint density at radius 2 is 2.00 bits per heavy atom. The predicted octanol–water partition coefficient (Wildman–Crippen LogP) is 2.30. The lowest BCUT2D eigenvalue weighted by atomic mass is 10.1. The summed E-state index contributed by atoms with van der Waals surface area (Å²) in [6, 6.07) is 7.13. The zero-order valence-corrected chi connectivity index (χ0v) is 18.6. The van der Waals surface area contributed by atoms with Crippen molar-refractivity contribution < 1.29 is 27.5 Å². The van der Waals surface area contributed by atoms with Gasteiger partial charge in [-0.15, -0.1) is 0 Å². The summed E-state index contributed by atoms with van der Waals surface area (Å²) in [7, 11) is 1.57. The number of anilines is 1. The van der Waals surface area contributed by atoms with Gasteiger partial charge in [-0.2, -0.15) is 13.2 Å². The summed E-state index contributed by atoms with van der Waals surface area (Å²) in [4.78, 5) is 41.1. The molecule has 182 valence electrons. The third kappa shape index (κ3) is 6.97. The minimum absolute atomic E-state index is 0.0659. The number of ether oxygens (including phenoxy) is 1. The molecule has 1 aromatic carbocycles. The number of aryl methyl sites for hydroxylation is 1. The number of halogens is 3. The number of pyridine rings is 1. The van der Waals surface area contributed by atoms with Crippen LogP contribution in [0.15, 0.2) is 47.5 Å². The van der Waals surface area contributed by atoms with Gasteiger partial charge in [0, 0.05) is 43.3 Å². The average molecular weight is 487 g/mol. The van der Waals surface area contributed by atoms with Crippen LogP contribution in [-0.4, -0.2) is 39.5 Å². The van der Waals surface area contributed by atoms with Crippen LogP contribution in [0, 0.1) is 11.8 Å². The first-order valence-corrected chi connectivity index (χ1v) is 10.2. The van der Waals surface area contributed by atoms with Gasteiger partial charge in [-0.3, -0.25) is 14.4 Å². The number of amides is 2. The summed E-state index contributed by atoms with van der Waals surface area (Å²) in [5.74, 6) is 4.07. The van der Waals surface area contributed by atoms with Gasteiger partial charge in [0.05, 0.1) is 18.4 Å². The number of hydrogen-bond donors (Lipinski definition) is 3. The number of alkyl halides is 3. The molecule has 0 unspecified atom stereocenters. The Hall–Kier alpha value is -4.53.